The predicted octanol–water partition coefficient (Wildman–Crippen LogP) is 7.24. The van der Waals surface area contributed by atoms with Gasteiger partial charge in [0, 0.05) is 25.0 Å². The van der Waals surface area contributed by atoms with E-state index < -0.39 is 12.0 Å². The molecule has 1 aromatic heterocycles. The number of carboxylic acids is 1. The first-order valence-corrected chi connectivity index (χ1v) is 12.1. The highest BCUT2D eigenvalue weighted by Crippen LogP contribution is 2.38. The molecule has 0 saturated heterocycles. The van der Waals surface area contributed by atoms with Crippen LogP contribution in [0.25, 0.3) is 5.69 Å². The van der Waals surface area contributed by atoms with Crippen molar-refractivity contribution in [2.45, 2.75) is 27.7 Å². The molecule has 0 aliphatic rings. The summed E-state index contributed by atoms with van der Waals surface area (Å²) in [5.74, 6) is -0.378. The molecule has 3 N–H and O–H groups in total. The van der Waals surface area contributed by atoms with Crippen LogP contribution in [0, 0.1) is 11.8 Å². The molecule has 0 atom stereocenters. The molecule has 186 valence electrons. The maximum atomic E-state index is 13.0. The van der Waals surface area contributed by atoms with Gasteiger partial charge >= 0.3 is 12.0 Å². The first-order valence-electron chi connectivity index (χ1n) is 11.4. The summed E-state index contributed by atoms with van der Waals surface area (Å²) >= 11 is 13.0. The SMILES string of the molecule is CC(C)CN(CC(C)C)c1c(Cl)cc(-n2cccc2C(=O)O)cc1NC(=O)Nc1ccccc1Cl. The second-order valence-corrected chi connectivity index (χ2v) is 9.96. The van der Waals surface area contributed by atoms with Crippen molar-refractivity contribution >= 4 is 52.3 Å². The second-order valence-electron chi connectivity index (χ2n) is 9.14. The third kappa shape index (κ3) is 6.71. The number of anilines is 3. The predicted molar refractivity (Wildman–Crippen MR) is 144 cm³/mol. The first kappa shape index (κ1) is 26.4. The lowest BCUT2D eigenvalue weighted by Crippen LogP contribution is -2.33. The summed E-state index contributed by atoms with van der Waals surface area (Å²) in [4.78, 5) is 26.8. The van der Waals surface area contributed by atoms with E-state index in [9.17, 15) is 14.7 Å². The van der Waals surface area contributed by atoms with Gasteiger partial charge in [0.2, 0.25) is 0 Å². The largest absolute Gasteiger partial charge is 0.477 e. The van der Waals surface area contributed by atoms with E-state index in [1.807, 2.05) is 0 Å². The molecule has 1 heterocycles. The maximum absolute atomic E-state index is 13.0. The normalized spacial score (nSPS) is 11.1. The molecule has 35 heavy (non-hydrogen) atoms. The molecule has 0 aliphatic heterocycles. The molecule has 0 unspecified atom stereocenters. The van der Waals surface area contributed by atoms with E-state index in [4.69, 9.17) is 23.2 Å². The van der Waals surface area contributed by atoms with Crippen LogP contribution >= 0.6 is 23.2 Å². The first-order chi connectivity index (χ1) is 16.6. The van der Waals surface area contributed by atoms with Crippen LogP contribution in [0.4, 0.5) is 21.9 Å². The molecule has 0 saturated carbocycles. The molecule has 2 amide bonds. The minimum absolute atomic E-state index is 0.0847. The number of urea groups is 1. The summed E-state index contributed by atoms with van der Waals surface area (Å²) in [6.45, 7) is 9.92. The smallest absolute Gasteiger partial charge is 0.352 e. The molecule has 3 aromatic rings. The summed E-state index contributed by atoms with van der Waals surface area (Å²) in [5.41, 5.74) is 2.21. The number of nitrogens with zero attached hydrogens (tertiary/aromatic N) is 2. The Morgan fingerprint density at radius 2 is 1.54 bits per heavy atom. The Hall–Kier alpha value is -3.16. The molecule has 0 bridgehead atoms. The molecular weight excluding hydrogens is 487 g/mol. The van der Waals surface area contributed by atoms with Crippen LogP contribution in [0.15, 0.2) is 54.7 Å². The number of carboxylic acid groups (broad SMARTS) is 1. The zero-order chi connectivity index (χ0) is 25.7. The van der Waals surface area contributed by atoms with E-state index in [0.717, 1.165) is 13.1 Å². The Balaban J connectivity index is 2.09. The number of amides is 2. The van der Waals surface area contributed by atoms with Crippen LogP contribution in [0.5, 0.6) is 0 Å². The van der Waals surface area contributed by atoms with Crippen molar-refractivity contribution < 1.29 is 14.7 Å². The zero-order valence-corrected chi connectivity index (χ0v) is 21.7. The van der Waals surface area contributed by atoms with Gasteiger partial charge in [-0.05, 0) is 48.2 Å². The zero-order valence-electron chi connectivity index (χ0n) is 20.2. The van der Waals surface area contributed by atoms with Gasteiger partial charge in [-0.1, -0.05) is 63.0 Å². The van der Waals surface area contributed by atoms with E-state index in [-0.39, 0.29) is 5.69 Å². The third-order valence-corrected chi connectivity index (χ3v) is 5.77. The van der Waals surface area contributed by atoms with Crippen LogP contribution in [0.3, 0.4) is 0 Å². The van der Waals surface area contributed by atoms with Gasteiger partial charge in [-0.15, -0.1) is 0 Å². The standard InChI is InChI=1S/C26H30Cl2N4O3/c1-16(2)14-31(15-17(3)4)24-20(28)12-18(32-11-7-10-23(32)25(33)34)13-22(24)30-26(35)29-21-9-6-5-8-19(21)27/h5-13,16-17H,14-15H2,1-4H3,(H,33,34)(H2,29,30,35). The molecular formula is C26H30Cl2N4O3. The lowest BCUT2D eigenvalue weighted by atomic mass is 10.1. The number of halogens is 2. The van der Waals surface area contributed by atoms with Crippen LogP contribution in [0.1, 0.15) is 38.2 Å². The van der Waals surface area contributed by atoms with Crippen LogP contribution < -0.4 is 15.5 Å². The summed E-state index contributed by atoms with van der Waals surface area (Å²) in [7, 11) is 0. The van der Waals surface area contributed by atoms with Gasteiger partial charge in [0.05, 0.1) is 27.1 Å². The van der Waals surface area contributed by atoms with Crippen molar-refractivity contribution in [3.8, 4) is 5.69 Å². The maximum Gasteiger partial charge on any atom is 0.352 e. The fourth-order valence-corrected chi connectivity index (χ4v) is 4.41. The minimum Gasteiger partial charge on any atom is -0.477 e. The Kier molecular flexibility index (Phi) is 8.70. The Labute approximate surface area is 215 Å². The van der Waals surface area contributed by atoms with Gasteiger partial charge in [0.25, 0.3) is 0 Å². The number of hydrogen-bond acceptors (Lipinski definition) is 3. The van der Waals surface area contributed by atoms with Crippen LogP contribution in [0.2, 0.25) is 10.0 Å². The Bertz CT molecular complexity index is 1200. The number of rotatable bonds is 9. The van der Waals surface area contributed by atoms with Crippen molar-refractivity contribution in [2.75, 3.05) is 28.6 Å². The number of aromatic nitrogens is 1. The van der Waals surface area contributed by atoms with E-state index in [1.54, 1.807) is 48.7 Å². The van der Waals surface area contributed by atoms with E-state index >= 15 is 0 Å². The lowest BCUT2D eigenvalue weighted by Gasteiger charge is -2.31. The molecule has 2 aromatic carbocycles. The lowest BCUT2D eigenvalue weighted by molar-refractivity contribution is 0.0688. The van der Waals surface area contributed by atoms with Crippen LogP contribution in [-0.4, -0.2) is 34.8 Å². The van der Waals surface area contributed by atoms with Crippen molar-refractivity contribution in [3.05, 3.63) is 70.5 Å². The summed E-state index contributed by atoms with van der Waals surface area (Å²) in [5, 5.41) is 16.1. The summed E-state index contributed by atoms with van der Waals surface area (Å²) < 4.78 is 1.52. The molecule has 0 aliphatic carbocycles. The van der Waals surface area contributed by atoms with E-state index in [2.05, 4.69) is 43.2 Å². The highest BCUT2D eigenvalue weighted by Gasteiger charge is 2.22. The number of benzene rings is 2. The van der Waals surface area contributed by atoms with Crippen molar-refractivity contribution in [3.63, 3.8) is 0 Å². The molecule has 7 nitrogen and oxygen atoms in total. The van der Waals surface area contributed by atoms with Gasteiger partial charge in [0.1, 0.15) is 5.69 Å². The van der Waals surface area contributed by atoms with Gasteiger partial charge in [-0.3, -0.25) is 0 Å². The number of carbonyl (C=O) groups excluding carboxylic acids is 1. The quantitative estimate of drug-likeness (QED) is 0.279. The fourth-order valence-electron chi connectivity index (χ4n) is 3.90. The average Bonchev–Trinajstić information content (AvgIpc) is 3.24. The monoisotopic (exact) mass is 516 g/mol. The summed E-state index contributed by atoms with van der Waals surface area (Å²) in [6.07, 6.45) is 1.64. The number of para-hydroxylation sites is 1. The molecule has 0 radical (unpaired) electrons. The number of hydrogen-bond donors (Lipinski definition) is 3. The van der Waals surface area contributed by atoms with E-state index in [1.165, 1.54) is 10.6 Å². The highest BCUT2D eigenvalue weighted by atomic mass is 35.5. The van der Waals surface area contributed by atoms with Crippen molar-refractivity contribution in [1.29, 1.82) is 0 Å². The van der Waals surface area contributed by atoms with Crippen LogP contribution in [-0.2, 0) is 0 Å². The highest BCUT2D eigenvalue weighted by molar-refractivity contribution is 6.35. The van der Waals surface area contributed by atoms with Gasteiger partial charge in [0.15, 0.2) is 0 Å². The molecule has 0 fully saturated rings. The van der Waals surface area contributed by atoms with Crippen molar-refractivity contribution in [1.82, 2.24) is 4.57 Å². The Morgan fingerprint density at radius 3 is 2.14 bits per heavy atom. The van der Waals surface area contributed by atoms with Gasteiger partial charge in [-0.25, -0.2) is 9.59 Å². The Morgan fingerprint density at radius 1 is 0.914 bits per heavy atom. The van der Waals surface area contributed by atoms with Gasteiger partial charge in [-0.2, -0.15) is 0 Å². The molecule has 9 heteroatoms. The molecule has 3 rings (SSSR count). The fraction of sp³-hybridized carbons (Fsp3) is 0.308. The minimum atomic E-state index is -1.07. The topological polar surface area (TPSA) is 86.6 Å². The van der Waals surface area contributed by atoms with E-state index in [0.29, 0.717) is 44.6 Å². The number of carbonyl (C=O) groups is 2. The number of nitrogens with one attached hydrogen (secondary N) is 2. The molecule has 0 spiro atoms. The third-order valence-electron chi connectivity index (χ3n) is 5.15. The van der Waals surface area contributed by atoms with Gasteiger partial charge < -0.3 is 25.2 Å². The second kappa shape index (κ2) is 11.5. The number of aromatic carboxylic acids is 1. The van der Waals surface area contributed by atoms with Crippen molar-refractivity contribution in [2.24, 2.45) is 11.8 Å². The average molecular weight is 517 g/mol. The summed E-state index contributed by atoms with van der Waals surface area (Å²) in [6, 6.07) is 13.0.